The van der Waals surface area contributed by atoms with Crippen LogP contribution in [0.15, 0.2) is 74.4 Å². The van der Waals surface area contributed by atoms with Crippen molar-refractivity contribution in [1.29, 1.82) is 0 Å². The van der Waals surface area contributed by atoms with Crippen LogP contribution in [-0.4, -0.2) is 32.6 Å². The van der Waals surface area contributed by atoms with Gasteiger partial charge < -0.3 is 23.9 Å². The normalized spacial score (nSPS) is 19.1. The second kappa shape index (κ2) is 10.4. The van der Waals surface area contributed by atoms with Gasteiger partial charge >= 0.3 is 5.97 Å². The van der Waals surface area contributed by atoms with Crippen molar-refractivity contribution in [2.24, 2.45) is 0 Å². The average molecular weight is 530 g/mol. The summed E-state index contributed by atoms with van der Waals surface area (Å²) in [6, 6.07) is 11.1. The van der Waals surface area contributed by atoms with Crippen LogP contribution in [0, 0.1) is 6.92 Å². The maximum Gasteiger partial charge on any atom is 0.336 e. The number of dihydropyridines is 1. The van der Waals surface area contributed by atoms with Gasteiger partial charge in [0, 0.05) is 29.0 Å². The fourth-order valence-corrected chi connectivity index (χ4v) is 5.64. The van der Waals surface area contributed by atoms with Gasteiger partial charge in [0.25, 0.3) is 0 Å². The summed E-state index contributed by atoms with van der Waals surface area (Å²) >= 11 is 0. The molecule has 0 bridgehead atoms. The highest BCUT2D eigenvalue weighted by Gasteiger charge is 2.42. The predicted octanol–water partition coefficient (Wildman–Crippen LogP) is 5.04. The summed E-state index contributed by atoms with van der Waals surface area (Å²) in [5.74, 6) is -0.545. The Hall–Kier alpha value is -4.33. The summed E-state index contributed by atoms with van der Waals surface area (Å²) in [6.07, 6.45) is 2.09. The van der Waals surface area contributed by atoms with Crippen molar-refractivity contribution < 1.29 is 28.2 Å². The summed E-state index contributed by atoms with van der Waals surface area (Å²) in [5, 5.41) is 3.69. The van der Waals surface area contributed by atoms with Crippen molar-refractivity contribution in [2.75, 3.05) is 20.8 Å². The molecule has 0 unspecified atom stereocenters. The third-order valence-electron chi connectivity index (χ3n) is 7.46. The van der Waals surface area contributed by atoms with Gasteiger partial charge in [-0.3, -0.25) is 9.59 Å². The molecule has 0 fully saturated rings. The lowest BCUT2D eigenvalue weighted by Crippen LogP contribution is -2.37. The van der Waals surface area contributed by atoms with Gasteiger partial charge in [0.2, 0.25) is 0 Å². The first-order valence-electron chi connectivity index (χ1n) is 12.9. The third kappa shape index (κ3) is 4.60. The number of carbonyl (C=O) groups excluding carboxylic acids is 2. The summed E-state index contributed by atoms with van der Waals surface area (Å²) < 4.78 is 22.1. The second-order valence-electron chi connectivity index (χ2n) is 9.87. The van der Waals surface area contributed by atoms with E-state index in [1.54, 1.807) is 26.2 Å². The molecule has 0 saturated carbocycles. The van der Waals surface area contributed by atoms with Crippen molar-refractivity contribution in [3.63, 3.8) is 0 Å². The lowest BCUT2D eigenvalue weighted by atomic mass is 9.72. The van der Waals surface area contributed by atoms with E-state index in [1.807, 2.05) is 38.1 Å². The Kier molecular flexibility index (Phi) is 7.04. The molecule has 0 saturated heterocycles. The van der Waals surface area contributed by atoms with E-state index in [0.717, 1.165) is 11.1 Å². The fourth-order valence-electron chi connectivity index (χ4n) is 5.64. The van der Waals surface area contributed by atoms with Crippen LogP contribution < -0.4 is 20.2 Å². The summed E-state index contributed by atoms with van der Waals surface area (Å²) in [4.78, 5) is 40.6. The standard InChI is InChI=1S/C31H31NO7/c1-6-38-25-10-8-18(14-26(25)36-4)19-12-22-29(23(33)13-19)28(27(17(3)32-22)31(35)37-5)21-15-39-24-9-7-16(2)11-20(24)30(21)34/h7-11,14-15,19,28,32H,6,12-13H2,1-5H3/t19-,28-/m1/s1. The second-order valence-corrected chi connectivity index (χ2v) is 9.87. The molecular weight excluding hydrogens is 498 g/mol. The van der Waals surface area contributed by atoms with Crippen LogP contribution >= 0.6 is 0 Å². The van der Waals surface area contributed by atoms with E-state index in [4.69, 9.17) is 18.6 Å². The first kappa shape index (κ1) is 26.3. The molecule has 1 aliphatic carbocycles. The molecule has 8 heteroatoms. The smallest absolute Gasteiger partial charge is 0.336 e. The number of fused-ring (bicyclic) bond motifs is 1. The topological polar surface area (TPSA) is 104 Å². The van der Waals surface area contributed by atoms with E-state index in [2.05, 4.69) is 5.32 Å². The Labute approximate surface area is 226 Å². The summed E-state index contributed by atoms with van der Waals surface area (Å²) in [6.45, 7) is 6.06. The van der Waals surface area contributed by atoms with Crippen LogP contribution in [0.4, 0.5) is 0 Å². The SMILES string of the molecule is CCOc1ccc([C@H]2CC(=O)C3=C(C2)NC(C)=C(C(=O)OC)[C@H]3c2coc3ccc(C)cc3c2=O)cc1OC. The van der Waals surface area contributed by atoms with E-state index in [1.165, 1.54) is 13.4 Å². The number of allylic oxidation sites excluding steroid dienone is 3. The number of Topliss-reactive ketones (excluding diaryl/α,β-unsaturated/α-hetero) is 1. The van der Waals surface area contributed by atoms with E-state index in [0.29, 0.717) is 52.5 Å². The molecule has 8 nitrogen and oxygen atoms in total. The Morgan fingerprint density at radius 1 is 1.05 bits per heavy atom. The van der Waals surface area contributed by atoms with Gasteiger partial charge in [0.1, 0.15) is 5.58 Å². The molecule has 1 aromatic heterocycles. The fraction of sp³-hybridized carbons (Fsp3) is 0.323. The molecule has 2 aliphatic rings. The van der Waals surface area contributed by atoms with Crippen molar-refractivity contribution in [1.82, 2.24) is 5.32 Å². The predicted molar refractivity (Wildman–Crippen MR) is 146 cm³/mol. The van der Waals surface area contributed by atoms with Gasteiger partial charge in [-0.2, -0.15) is 0 Å². The number of rotatable bonds is 6. The maximum atomic E-state index is 13.9. The van der Waals surface area contributed by atoms with Gasteiger partial charge in [-0.1, -0.05) is 17.7 Å². The quantitative estimate of drug-likeness (QED) is 0.443. The van der Waals surface area contributed by atoms with Crippen LogP contribution in [0.25, 0.3) is 11.0 Å². The number of benzene rings is 2. The number of nitrogens with one attached hydrogen (secondary N) is 1. The molecular formula is C31H31NO7. The molecule has 0 radical (unpaired) electrons. The van der Waals surface area contributed by atoms with E-state index in [-0.39, 0.29) is 34.7 Å². The van der Waals surface area contributed by atoms with Gasteiger partial charge in [0.05, 0.1) is 44.0 Å². The third-order valence-corrected chi connectivity index (χ3v) is 7.46. The Morgan fingerprint density at radius 3 is 2.56 bits per heavy atom. The zero-order valence-electron chi connectivity index (χ0n) is 22.7. The molecule has 5 rings (SSSR count). The number of ketones is 1. The maximum absolute atomic E-state index is 13.9. The lowest BCUT2D eigenvalue weighted by molar-refractivity contribution is -0.136. The zero-order valence-corrected chi connectivity index (χ0v) is 22.7. The Balaban J connectivity index is 1.63. The molecule has 39 heavy (non-hydrogen) atoms. The molecule has 202 valence electrons. The molecule has 2 aromatic carbocycles. The van der Waals surface area contributed by atoms with Gasteiger partial charge in [-0.05, 0) is 62.9 Å². The average Bonchev–Trinajstić information content (AvgIpc) is 2.92. The number of methoxy groups -OCH3 is 2. The summed E-state index contributed by atoms with van der Waals surface area (Å²) in [5.41, 5.74) is 4.08. The molecule has 3 aromatic rings. The van der Waals surface area contributed by atoms with E-state index < -0.39 is 11.9 Å². The Bertz CT molecular complexity index is 1610. The van der Waals surface area contributed by atoms with Crippen LogP contribution in [0.1, 0.15) is 55.2 Å². The first-order chi connectivity index (χ1) is 18.8. The van der Waals surface area contributed by atoms with E-state index >= 15 is 0 Å². The van der Waals surface area contributed by atoms with Gasteiger partial charge in [-0.15, -0.1) is 0 Å². The van der Waals surface area contributed by atoms with Crippen LogP contribution in [0.5, 0.6) is 11.5 Å². The molecule has 2 heterocycles. The largest absolute Gasteiger partial charge is 0.493 e. The number of ether oxygens (including phenoxy) is 3. The summed E-state index contributed by atoms with van der Waals surface area (Å²) in [7, 11) is 2.87. The monoisotopic (exact) mass is 529 g/mol. The lowest BCUT2D eigenvalue weighted by Gasteiger charge is -2.36. The van der Waals surface area contributed by atoms with Crippen LogP contribution in [-0.2, 0) is 14.3 Å². The number of carbonyl (C=O) groups is 2. The highest BCUT2D eigenvalue weighted by molar-refractivity contribution is 6.04. The minimum absolute atomic E-state index is 0.128. The van der Waals surface area contributed by atoms with Gasteiger partial charge in [-0.25, -0.2) is 4.79 Å². The first-order valence-corrected chi connectivity index (χ1v) is 12.9. The molecule has 1 N–H and O–H groups in total. The minimum atomic E-state index is -0.904. The van der Waals surface area contributed by atoms with Crippen molar-refractivity contribution >= 4 is 22.7 Å². The minimum Gasteiger partial charge on any atom is -0.493 e. The zero-order chi connectivity index (χ0) is 27.8. The highest BCUT2D eigenvalue weighted by Crippen LogP contribution is 2.46. The molecule has 1 aliphatic heterocycles. The van der Waals surface area contributed by atoms with Crippen molar-refractivity contribution in [3.05, 3.63) is 92.1 Å². The Morgan fingerprint density at radius 2 is 1.85 bits per heavy atom. The van der Waals surface area contributed by atoms with E-state index in [9.17, 15) is 14.4 Å². The van der Waals surface area contributed by atoms with Crippen molar-refractivity contribution in [2.45, 2.75) is 45.4 Å². The van der Waals surface area contributed by atoms with Crippen LogP contribution in [0.2, 0.25) is 0 Å². The number of hydrogen-bond acceptors (Lipinski definition) is 8. The number of aryl methyl sites for hydroxylation is 1. The number of esters is 1. The molecule has 0 spiro atoms. The highest BCUT2D eigenvalue weighted by atomic mass is 16.5. The van der Waals surface area contributed by atoms with Crippen molar-refractivity contribution in [3.8, 4) is 11.5 Å². The molecule has 0 amide bonds. The van der Waals surface area contributed by atoms with Gasteiger partial charge in [0.15, 0.2) is 22.7 Å². The van der Waals surface area contributed by atoms with Crippen LogP contribution in [0.3, 0.4) is 0 Å². The molecule has 2 atom stereocenters. The number of hydrogen-bond donors (Lipinski definition) is 1.